The third-order valence-corrected chi connectivity index (χ3v) is 2.38. The molecular weight excluding hydrogens is 192 g/mol. The number of ether oxygens (including phenoxy) is 1. The maximum Gasteiger partial charge on any atom is 0.261 e. The third kappa shape index (κ3) is 8.17. The molecule has 0 aromatic heterocycles. The van der Waals surface area contributed by atoms with E-state index in [2.05, 4.69) is 32.6 Å². The zero-order chi connectivity index (χ0) is 11.0. The topological polar surface area (TPSA) is 18.5 Å². The molecule has 0 N–H and O–H groups in total. The van der Waals surface area contributed by atoms with E-state index in [1.54, 1.807) is 0 Å². The number of hydrogen-bond acceptors (Lipinski definition) is 2. The predicted octanol–water partition coefficient (Wildman–Crippen LogP) is 3.91. The van der Waals surface area contributed by atoms with Gasteiger partial charge in [-0.25, -0.2) is 0 Å². The van der Waals surface area contributed by atoms with E-state index in [1.165, 1.54) is 12.8 Å². The zero-order valence-corrected chi connectivity index (χ0v) is 11.2. The van der Waals surface area contributed by atoms with Crippen molar-refractivity contribution in [2.24, 2.45) is 0 Å². The van der Waals surface area contributed by atoms with E-state index < -0.39 is 8.32 Å². The molecule has 0 unspecified atom stereocenters. The van der Waals surface area contributed by atoms with Crippen LogP contribution in [0.3, 0.4) is 0 Å². The van der Waals surface area contributed by atoms with Gasteiger partial charge in [0.1, 0.15) is 0 Å². The highest BCUT2D eigenvalue weighted by Gasteiger charge is 2.18. The Balaban J connectivity index is 4.06. The van der Waals surface area contributed by atoms with E-state index >= 15 is 0 Å². The molecule has 0 aromatic rings. The molecule has 0 fully saturated rings. The lowest BCUT2D eigenvalue weighted by molar-refractivity contribution is 0.111. The average molecular weight is 216 g/mol. The standard InChI is InChI=1S/C11H24O2Si/c1-6-8-9-10-11(12-7-2)13-14(3,4)5/h10H,6-9H2,1-5H3/b11-10-. The Morgan fingerprint density at radius 2 is 1.86 bits per heavy atom. The smallest absolute Gasteiger partial charge is 0.261 e. The monoisotopic (exact) mass is 216 g/mol. The lowest BCUT2D eigenvalue weighted by atomic mass is 10.2. The molecule has 84 valence electrons. The van der Waals surface area contributed by atoms with Crippen molar-refractivity contribution in [3.05, 3.63) is 12.0 Å². The van der Waals surface area contributed by atoms with E-state index in [-0.39, 0.29) is 0 Å². The molecule has 0 rings (SSSR count). The number of allylic oxidation sites excluding steroid dienone is 1. The SMILES string of the molecule is CCCC/C=C(/OCC)O[Si](C)(C)C. The minimum atomic E-state index is -1.51. The van der Waals surface area contributed by atoms with Crippen LogP contribution < -0.4 is 0 Å². The number of rotatable bonds is 7. The van der Waals surface area contributed by atoms with Crippen LogP contribution in [0.15, 0.2) is 12.0 Å². The first-order valence-electron chi connectivity index (χ1n) is 5.51. The summed E-state index contributed by atoms with van der Waals surface area (Å²) in [5.74, 6) is 0.736. The summed E-state index contributed by atoms with van der Waals surface area (Å²) in [6, 6.07) is 0. The second-order valence-electron chi connectivity index (χ2n) is 4.31. The summed E-state index contributed by atoms with van der Waals surface area (Å²) < 4.78 is 11.2. The van der Waals surface area contributed by atoms with Gasteiger partial charge in [-0.05, 0) is 45.5 Å². The second-order valence-corrected chi connectivity index (χ2v) is 8.74. The van der Waals surface area contributed by atoms with E-state index in [1.807, 2.05) is 6.92 Å². The summed E-state index contributed by atoms with van der Waals surface area (Å²) in [5, 5.41) is 0. The van der Waals surface area contributed by atoms with E-state index in [0.717, 1.165) is 12.4 Å². The highest BCUT2D eigenvalue weighted by molar-refractivity contribution is 6.69. The summed E-state index contributed by atoms with van der Waals surface area (Å²) in [7, 11) is -1.51. The minimum Gasteiger partial charge on any atom is -0.520 e. The molecule has 0 amide bonds. The van der Waals surface area contributed by atoms with E-state index in [4.69, 9.17) is 9.16 Å². The minimum absolute atomic E-state index is 0.683. The van der Waals surface area contributed by atoms with Crippen molar-refractivity contribution in [3.8, 4) is 0 Å². The van der Waals surface area contributed by atoms with Crippen molar-refractivity contribution in [2.45, 2.75) is 52.8 Å². The van der Waals surface area contributed by atoms with Crippen LogP contribution in [0.4, 0.5) is 0 Å². The van der Waals surface area contributed by atoms with Crippen molar-refractivity contribution in [1.82, 2.24) is 0 Å². The number of unbranched alkanes of at least 4 members (excludes halogenated alkanes) is 2. The van der Waals surface area contributed by atoms with Gasteiger partial charge in [-0.1, -0.05) is 13.3 Å². The van der Waals surface area contributed by atoms with Gasteiger partial charge >= 0.3 is 0 Å². The lowest BCUT2D eigenvalue weighted by Crippen LogP contribution is -2.25. The van der Waals surface area contributed by atoms with Crippen LogP contribution in [0.2, 0.25) is 19.6 Å². The van der Waals surface area contributed by atoms with Crippen LogP contribution in [0.1, 0.15) is 33.1 Å². The molecule has 0 saturated heterocycles. The molecule has 0 aliphatic heterocycles. The summed E-state index contributed by atoms with van der Waals surface area (Å²) in [5.41, 5.74) is 0. The van der Waals surface area contributed by atoms with E-state index in [9.17, 15) is 0 Å². The quantitative estimate of drug-likeness (QED) is 0.365. The number of hydrogen-bond donors (Lipinski definition) is 0. The van der Waals surface area contributed by atoms with Crippen molar-refractivity contribution in [2.75, 3.05) is 6.61 Å². The molecule has 0 aromatic carbocycles. The zero-order valence-electron chi connectivity index (χ0n) is 10.2. The Morgan fingerprint density at radius 1 is 1.21 bits per heavy atom. The molecule has 0 heterocycles. The van der Waals surface area contributed by atoms with Crippen molar-refractivity contribution < 1.29 is 9.16 Å². The van der Waals surface area contributed by atoms with Gasteiger partial charge in [-0.15, -0.1) is 0 Å². The maximum atomic E-state index is 5.80. The Morgan fingerprint density at radius 3 is 2.29 bits per heavy atom. The van der Waals surface area contributed by atoms with Gasteiger partial charge in [0.25, 0.3) is 5.95 Å². The van der Waals surface area contributed by atoms with Crippen LogP contribution >= 0.6 is 0 Å². The van der Waals surface area contributed by atoms with Crippen molar-refractivity contribution in [3.63, 3.8) is 0 Å². The van der Waals surface area contributed by atoms with Crippen molar-refractivity contribution >= 4 is 8.32 Å². The molecule has 0 bridgehead atoms. The Bertz CT molecular complexity index is 171. The molecule has 0 spiro atoms. The molecular formula is C11H24O2Si. The summed E-state index contributed by atoms with van der Waals surface area (Å²) in [6.07, 6.45) is 5.54. The van der Waals surface area contributed by atoms with Crippen LogP contribution in [-0.4, -0.2) is 14.9 Å². The average Bonchev–Trinajstić information content (AvgIpc) is 2.02. The van der Waals surface area contributed by atoms with Gasteiger partial charge in [0.2, 0.25) is 8.32 Å². The van der Waals surface area contributed by atoms with Crippen molar-refractivity contribution in [1.29, 1.82) is 0 Å². The highest BCUT2D eigenvalue weighted by atomic mass is 28.4. The highest BCUT2D eigenvalue weighted by Crippen LogP contribution is 2.13. The van der Waals surface area contributed by atoms with Gasteiger partial charge in [0, 0.05) is 0 Å². The molecule has 0 radical (unpaired) electrons. The molecule has 0 aliphatic rings. The third-order valence-electron chi connectivity index (χ3n) is 1.56. The van der Waals surface area contributed by atoms with Crippen LogP contribution in [0.5, 0.6) is 0 Å². The first-order valence-corrected chi connectivity index (χ1v) is 8.92. The van der Waals surface area contributed by atoms with Crippen LogP contribution in [0.25, 0.3) is 0 Å². The molecule has 0 atom stereocenters. The molecule has 0 saturated carbocycles. The van der Waals surface area contributed by atoms with Gasteiger partial charge in [0.15, 0.2) is 0 Å². The Kier molecular flexibility index (Phi) is 6.71. The fourth-order valence-electron chi connectivity index (χ4n) is 0.998. The second kappa shape index (κ2) is 6.93. The van der Waals surface area contributed by atoms with Gasteiger partial charge in [-0.3, -0.25) is 0 Å². The predicted molar refractivity (Wildman–Crippen MR) is 63.7 cm³/mol. The largest absolute Gasteiger partial charge is 0.520 e. The first-order chi connectivity index (χ1) is 6.49. The van der Waals surface area contributed by atoms with Gasteiger partial charge in [-0.2, -0.15) is 0 Å². The normalized spacial score (nSPS) is 12.8. The lowest BCUT2D eigenvalue weighted by Gasteiger charge is -2.21. The first kappa shape index (κ1) is 13.6. The summed E-state index contributed by atoms with van der Waals surface area (Å²) in [6.45, 7) is 11.4. The summed E-state index contributed by atoms with van der Waals surface area (Å²) >= 11 is 0. The van der Waals surface area contributed by atoms with Gasteiger partial charge in [0.05, 0.1) is 6.61 Å². The van der Waals surface area contributed by atoms with Crippen LogP contribution in [0, 0.1) is 0 Å². The molecule has 3 heteroatoms. The van der Waals surface area contributed by atoms with E-state index in [0.29, 0.717) is 6.61 Å². The Labute approximate surface area is 89.4 Å². The Hall–Kier alpha value is -0.443. The molecule has 0 aliphatic carbocycles. The molecule has 14 heavy (non-hydrogen) atoms. The van der Waals surface area contributed by atoms with Gasteiger partial charge < -0.3 is 9.16 Å². The fourth-order valence-corrected chi connectivity index (χ4v) is 1.74. The molecule has 2 nitrogen and oxygen atoms in total. The fraction of sp³-hybridized carbons (Fsp3) is 0.818. The summed E-state index contributed by atoms with van der Waals surface area (Å²) in [4.78, 5) is 0. The maximum absolute atomic E-state index is 5.80. The van der Waals surface area contributed by atoms with Crippen LogP contribution in [-0.2, 0) is 9.16 Å².